The highest BCUT2D eigenvalue weighted by molar-refractivity contribution is 6.31. The molecule has 0 radical (unpaired) electrons. The van der Waals surface area contributed by atoms with Crippen LogP contribution in [0.1, 0.15) is 29.9 Å². The Morgan fingerprint density at radius 1 is 1.23 bits per heavy atom. The van der Waals surface area contributed by atoms with Gasteiger partial charge in [-0.15, -0.1) is 0 Å². The monoisotopic (exact) mass is 442 g/mol. The van der Waals surface area contributed by atoms with Crippen LogP contribution in [0.2, 0.25) is 5.02 Å². The van der Waals surface area contributed by atoms with E-state index in [0.29, 0.717) is 29.5 Å². The van der Waals surface area contributed by atoms with E-state index in [1.807, 2.05) is 23.1 Å². The number of hydrogen-bond acceptors (Lipinski definition) is 2. The van der Waals surface area contributed by atoms with Crippen molar-refractivity contribution < 1.29 is 9.18 Å². The minimum atomic E-state index is -0.259. The highest BCUT2D eigenvalue weighted by Crippen LogP contribution is 2.44. The third-order valence-corrected chi connectivity index (χ3v) is 6.40. The second-order valence-corrected chi connectivity index (χ2v) is 8.73. The summed E-state index contributed by atoms with van der Waals surface area (Å²) in [6.45, 7) is 2.18. The van der Waals surface area contributed by atoms with Gasteiger partial charge in [0.2, 0.25) is 5.91 Å². The minimum absolute atomic E-state index is 0.0498. The molecule has 164 valence electrons. The smallest absolute Gasteiger partial charge is 0.223 e. The molecule has 2 aromatic rings. The van der Waals surface area contributed by atoms with Gasteiger partial charge in [-0.1, -0.05) is 48.0 Å². The maximum Gasteiger partial charge on any atom is 0.223 e. The average Bonchev–Trinajstić information content (AvgIpc) is 3.42. The fourth-order valence-electron chi connectivity index (χ4n) is 4.27. The van der Waals surface area contributed by atoms with E-state index in [1.54, 1.807) is 19.2 Å². The van der Waals surface area contributed by atoms with Crippen molar-refractivity contribution in [2.75, 3.05) is 26.7 Å². The molecule has 0 spiro atoms. The lowest BCUT2D eigenvalue weighted by Gasteiger charge is -2.18. The molecule has 1 saturated heterocycles. The number of guanidine groups is 1. The standard InChI is InChI=1S/C24H28ClFN4O/c1-27-24(29-21-13-18(21)23-19(25)8-5-9-20(23)26)28-14-17-12-22(31)30(15-17)11-10-16-6-3-2-4-7-16/h2-9,17-18,21H,10-15H2,1H3,(H2,27,28,29). The van der Waals surface area contributed by atoms with Crippen LogP contribution in [-0.2, 0) is 11.2 Å². The number of carbonyl (C=O) groups excluding carboxylic acids is 1. The summed E-state index contributed by atoms with van der Waals surface area (Å²) in [5, 5.41) is 7.15. The maximum atomic E-state index is 14.1. The molecule has 4 rings (SSSR count). The van der Waals surface area contributed by atoms with Crippen molar-refractivity contribution in [2.45, 2.75) is 31.2 Å². The van der Waals surface area contributed by atoms with Gasteiger partial charge in [0.15, 0.2) is 5.96 Å². The topological polar surface area (TPSA) is 56.7 Å². The molecule has 0 aromatic heterocycles. The first-order valence-corrected chi connectivity index (χ1v) is 11.2. The molecule has 3 atom stereocenters. The lowest BCUT2D eigenvalue weighted by Crippen LogP contribution is -2.41. The van der Waals surface area contributed by atoms with Crippen molar-refractivity contribution in [3.8, 4) is 0 Å². The van der Waals surface area contributed by atoms with Crippen LogP contribution in [0.25, 0.3) is 0 Å². The van der Waals surface area contributed by atoms with Crippen LogP contribution in [0.4, 0.5) is 4.39 Å². The largest absolute Gasteiger partial charge is 0.356 e. The van der Waals surface area contributed by atoms with Crippen LogP contribution in [0.3, 0.4) is 0 Å². The Balaban J connectivity index is 1.23. The van der Waals surface area contributed by atoms with Crippen molar-refractivity contribution in [2.24, 2.45) is 10.9 Å². The zero-order valence-electron chi connectivity index (χ0n) is 17.7. The van der Waals surface area contributed by atoms with Crippen LogP contribution < -0.4 is 10.6 Å². The number of rotatable bonds is 7. The lowest BCUT2D eigenvalue weighted by molar-refractivity contribution is -0.127. The second-order valence-electron chi connectivity index (χ2n) is 8.33. The number of hydrogen-bond donors (Lipinski definition) is 2. The van der Waals surface area contributed by atoms with Crippen molar-refractivity contribution in [1.82, 2.24) is 15.5 Å². The molecule has 2 fully saturated rings. The van der Waals surface area contributed by atoms with Crippen LogP contribution >= 0.6 is 11.6 Å². The van der Waals surface area contributed by atoms with Gasteiger partial charge in [0.05, 0.1) is 0 Å². The van der Waals surface area contributed by atoms with E-state index >= 15 is 0 Å². The van der Waals surface area contributed by atoms with Gasteiger partial charge in [-0.25, -0.2) is 4.39 Å². The second kappa shape index (κ2) is 9.69. The first-order valence-electron chi connectivity index (χ1n) is 10.8. The first-order chi connectivity index (χ1) is 15.0. The molecule has 1 heterocycles. The highest BCUT2D eigenvalue weighted by atomic mass is 35.5. The van der Waals surface area contributed by atoms with Crippen LogP contribution in [0.15, 0.2) is 53.5 Å². The number of aliphatic imine (C=N–C) groups is 1. The number of halogens is 2. The van der Waals surface area contributed by atoms with Gasteiger partial charge in [0, 0.05) is 61.6 Å². The van der Waals surface area contributed by atoms with Gasteiger partial charge in [-0.3, -0.25) is 9.79 Å². The van der Waals surface area contributed by atoms with Crippen molar-refractivity contribution >= 4 is 23.5 Å². The number of benzene rings is 2. The summed E-state index contributed by atoms with van der Waals surface area (Å²) in [6, 6.07) is 15.1. The number of likely N-dealkylation sites (tertiary alicyclic amines) is 1. The molecule has 0 bridgehead atoms. The van der Waals surface area contributed by atoms with Crippen LogP contribution in [0.5, 0.6) is 0 Å². The summed E-state index contributed by atoms with van der Waals surface area (Å²) < 4.78 is 14.1. The van der Waals surface area contributed by atoms with E-state index in [2.05, 4.69) is 27.8 Å². The van der Waals surface area contributed by atoms with E-state index in [0.717, 1.165) is 25.9 Å². The molecule has 2 N–H and O–H groups in total. The molecule has 5 nitrogen and oxygen atoms in total. The Morgan fingerprint density at radius 3 is 2.77 bits per heavy atom. The minimum Gasteiger partial charge on any atom is -0.356 e. The number of amides is 1. The third kappa shape index (κ3) is 5.37. The summed E-state index contributed by atoms with van der Waals surface area (Å²) in [4.78, 5) is 18.6. The van der Waals surface area contributed by atoms with Gasteiger partial charge < -0.3 is 15.5 Å². The molecule has 1 amide bonds. The quantitative estimate of drug-likeness (QED) is 0.509. The Hall–Kier alpha value is -2.60. The van der Waals surface area contributed by atoms with Crippen LogP contribution in [0, 0.1) is 11.7 Å². The maximum absolute atomic E-state index is 14.1. The SMILES string of the molecule is CN=C(NCC1CC(=O)N(CCc2ccccc2)C1)NC1CC1c1c(F)cccc1Cl. The number of nitrogens with zero attached hydrogens (tertiary/aromatic N) is 2. The summed E-state index contributed by atoms with van der Waals surface area (Å²) in [7, 11) is 1.72. The van der Waals surface area contributed by atoms with Crippen molar-refractivity contribution in [3.05, 3.63) is 70.5 Å². The molecule has 2 aliphatic rings. The first kappa shape index (κ1) is 21.6. The lowest BCUT2D eigenvalue weighted by atomic mass is 10.1. The zero-order valence-corrected chi connectivity index (χ0v) is 18.4. The molecule has 7 heteroatoms. The molecule has 31 heavy (non-hydrogen) atoms. The molecule has 1 aliphatic carbocycles. The van der Waals surface area contributed by atoms with E-state index in [-0.39, 0.29) is 29.6 Å². The van der Waals surface area contributed by atoms with E-state index in [4.69, 9.17) is 11.6 Å². The zero-order chi connectivity index (χ0) is 21.8. The fourth-order valence-corrected chi connectivity index (χ4v) is 4.57. The third-order valence-electron chi connectivity index (χ3n) is 6.07. The molecule has 1 aliphatic heterocycles. The van der Waals surface area contributed by atoms with E-state index in [1.165, 1.54) is 11.6 Å². The van der Waals surface area contributed by atoms with E-state index in [9.17, 15) is 9.18 Å². The van der Waals surface area contributed by atoms with Crippen molar-refractivity contribution in [1.29, 1.82) is 0 Å². The van der Waals surface area contributed by atoms with Gasteiger partial charge in [-0.05, 0) is 30.5 Å². The molecule has 1 saturated carbocycles. The Labute approximate surface area is 187 Å². The van der Waals surface area contributed by atoms with Gasteiger partial charge in [-0.2, -0.15) is 0 Å². The number of nitrogens with one attached hydrogen (secondary N) is 2. The molecule has 3 unspecified atom stereocenters. The molecular formula is C24H28ClFN4O. The molecular weight excluding hydrogens is 415 g/mol. The van der Waals surface area contributed by atoms with Crippen LogP contribution in [-0.4, -0.2) is 49.5 Å². The highest BCUT2D eigenvalue weighted by Gasteiger charge is 2.42. The average molecular weight is 443 g/mol. The Kier molecular flexibility index (Phi) is 6.76. The predicted molar refractivity (Wildman–Crippen MR) is 122 cm³/mol. The van der Waals surface area contributed by atoms with E-state index < -0.39 is 0 Å². The van der Waals surface area contributed by atoms with Crippen molar-refractivity contribution in [3.63, 3.8) is 0 Å². The Morgan fingerprint density at radius 2 is 2.03 bits per heavy atom. The summed E-state index contributed by atoms with van der Waals surface area (Å²) >= 11 is 6.19. The van der Waals surface area contributed by atoms with Gasteiger partial charge >= 0.3 is 0 Å². The van der Waals surface area contributed by atoms with Gasteiger partial charge in [0.1, 0.15) is 5.82 Å². The summed E-state index contributed by atoms with van der Waals surface area (Å²) in [5.41, 5.74) is 1.82. The summed E-state index contributed by atoms with van der Waals surface area (Å²) in [5.74, 6) is 0.925. The fraction of sp³-hybridized carbons (Fsp3) is 0.417. The van der Waals surface area contributed by atoms with Gasteiger partial charge in [0.25, 0.3) is 0 Å². The predicted octanol–water partition coefficient (Wildman–Crippen LogP) is 3.59. The number of carbonyl (C=O) groups is 1. The summed E-state index contributed by atoms with van der Waals surface area (Å²) in [6.07, 6.45) is 2.24. The molecule has 2 aromatic carbocycles. The normalized spacial score (nSPS) is 23.2. The Bertz CT molecular complexity index is 932.